The topological polar surface area (TPSA) is 78.9 Å². The van der Waals surface area contributed by atoms with E-state index in [9.17, 15) is 10.1 Å². The van der Waals surface area contributed by atoms with Gasteiger partial charge in [-0.1, -0.05) is 30.9 Å². The minimum Gasteiger partial charge on any atom is -0.399 e. The first-order valence-corrected chi connectivity index (χ1v) is 6.73. The minimum absolute atomic E-state index is 0.307. The maximum Gasteiger partial charge on any atom is 0.254 e. The first-order chi connectivity index (χ1) is 9.06. The molecule has 19 heavy (non-hydrogen) atoms. The lowest BCUT2D eigenvalue weighted by Crippen LogP contribution is -2.48. The van der Waals surface area contributed by atoms with Crippen LogP contribution < -0.4 is 11.1 Å². The lowest BCUT2D eigenvalue weighted by Gasteiger charge is -2.31. The molecule has 100 valence electrons. The predicted octanol–water partition coefficient (Wildman–Crippen LogP) is 2.88. The Labute approximate surface area is 117 Å². The third-order valence-electron chi connectivity index (χ3n) is 3.51. The quantitative estimate of drug-likeness (QED) is 0.816. The van der Waals surface area contributed by atoms with E-state index in [1.54, 1.807) is 12.1 Å². The third-order valence-corrected chi connectivity index (χ3v) is 3.82. The summed E-state index contributed by atoms with van der Waals surface area (Å²) in [5, 5.41) is 12.5. The van der Waals surface area contributed by atoms with E-state index in [2.05, 4.69) is 11.4 Å². The molecule has 0 radical (unpaired) electrons. The third kappa shape index (κ3) is 2.99. The number of carbonyl (C=O) groups is 1. The number of rotatable bonds is 2. The van der Waals surface area contributed by atoms with Gasteiger partial charge in [-0.05, 0) is 31.0 Å². The van der Waals surface area contributed by atoms with Crippen LogP contribution in [0.2, 0.25) is 5.02 Å². The van der Waals surface area contributed by atoms with Gasteiger partial charge < -0.3 is 11.1 Å². The van der Waals surface area contributed by atoms with Crippen LogP contribution in [0.4, 0.5) is 5.69 Å². The second-order valence-corrected chi connectivity index (χ2v) is 5.36. The first-order valence-electron chi connectivity index (χ1n) is 6.35. The molecule has 0 aromatic heterocycles. The Kier molecular flexibility index (Phi) is 3.96. The standard InChI is InChI=1S/C14H16ClN3O/c15-12-8-10(17)4-5-11(12)13(19)18-14(9-16)6-2-1-3-7-14/h4-5,8H,1-3,6-7,17H2,(H,18,19). The maximum atomic E-state index is 12.2. The van der Waals surface area contributed by atoms with Gasteiger partial charge in [-0.3, -0.25) is 4.79 Å². The fourth-order valence-electron chi connectivity index (χ4n) is 2.42. The van der Waals surface area contributed by atoms with Crippen LogP contribution in [0.3, 0.4) is 0 Å². The molecule has 1 aromatic carbocycles. The zero-order valence-corrected chi connectivity index (χ0v) is 11.3. The van der Waals surface area contributed by atoms with Gasteiger partial charge in [0.25, 0.3) is 5.91 Å². The number of hydrogen-bond donors (Lipinski definition) is 2. The molecule has 0 heterocycles. The summed E-state index contributed by atoms with van der Waals surface area (Å²) in [7, 11) is 0. The number of nitrogens with two attached hydrogens (primary N) is 1. The zero-order chi connectivity index (χ0) is 13.9. The highest BCUT2D eigenvalue weighted by atomic mass is 35.5. The lowest BCUT2D eigenvalue weighted by atomic mass is 9.82. The molecule has 5 heteroatoms. The number of hydrogen-bond acceptors (Lipinski definition) is 3. The van der Waals surface area contributed by atoms with Gasteiger partial charge in [-0.15, -0.1) is 0 Å². The van der Waals surface area contributed by atoms with Gasteiger partial charge in [0.2, 0.25) is 0 Å². The van der Waals surface area contributed by atoms with Gasteiger partial charge in [-0.2, -0.15) is 5.26 Å². The monoisotopic (exact) mass is 277 g/mol. The molecule has 1 amide bonds. The van der Waals surface area contributed by atoms with Gasteiger partial charge in [0.1, 0.15) is 5.54 Å². The van der Waals surface area contributed by atoms with E-state index in [-0.39, 0.29) is 5.91 Å². The van der Waals surface area contributed by atoms with Gasteiger partial charge in [0.05, 0.1) is 16.7 Å². The fraction of sp³-hybridized carbons (Fsp3) is 0.429. The number of nitriles is 1. The predicted molar refractivity (Wildman–Crippen MR) is 74.8 cm³/mol. The molecule has 4 nitrogen and oxygen atoms in total. The largest absolute Gasteiger partial charge is 0.399 e. The molecule has 3 N–H and O–H groups in total. The summed E-state index contributed by atoms with van der Waals surface area (Å²) in [5.74, 6) is -0.312. The van der Waals surface area contributed by atoms with Crippen molar-refractivity contribution in [3.63, 3.8) is 0 Å². The van der Waals surface area contributed by atoms with Crippen LogP contribution in [-0.2, 0) is 0 Å². The van der Waals surface area contributed by atoms with E-state index in [1.807, 2.05) is 0 Å². The number of benzene rings is 1. The van der Waals surface area contributed by atoms with E-state index in [4.69, 9.17) is 17.3 Å². The summed E-state index contributed by atoms with van der Waals surface area (Å²) in [5.41, 5.74) is 5.71. The Morgan fingerprint density at radius 1 is 1.37 bits per heavy atom. The molecule has 1 aliphatic rings. The number of nitrogens with one attached hydrogen (secondary N) is 1. The van der Waals surface area contributed by atoms with Crippen LogP contribution in [0.5, 0.6) is 0 Å². The molecule has 2 rings (SSSR count). The lowest BCUT2D eigenvalue weighted by molar-refractivity contribution is 0.0903. The van der Waals surface area contributed by atoms with Crippen molar-refractivity contribution < 1.29 is 4.79 Å². The van der Waals surface area contributed by atoms with Crippen molar-refractivity contribution in [2.45, 2.75) is 37.6 Å². The number of anilines is 1. The summed E-state index contributed by atoms with van der Waals surface area (Å²) >= 11 is 6.01. The molecule has 0 aliphatic heterocycles. The molecule has 0 spiro atoms. The highest BCUT2D eigenvalue weighted by Crippen LogP contribution is 2.28. The van der Waals surface area contributed by atoms with E-state index < -0.39 is 5.54 Å². The highest BCUT2D eigenvalue weighted by molar-refractivity contribution is 6.34. The molecule has 0 bridgehead atoms. The van der Waals surface area contributed by atoms with Crippen LogP contribution in [0.15, 0.2) is 18.2 Å². The van der Waals surface area contributed by atoms with Crippen molar-refractivity contribution >= 4 is 23.2 Å². The van der Waals surface area contributed by atoms with Crippen molar-refractivity contribution in [1.29, 1.82) is 5.26 Å². The van der Waals surface area contributed by atoms with Crippen LogP contribution in [0.1, 0.15) is 42.5 Å². The summed E-state index contributed by atoms with van der Waals surface area (Å²) in [6.07, 6.45) is 4.43. The summed E-state index contributed by atoms with van der Waals surface area (Å²) in [4.78, 5) is 12.2. The second-order valence-electron chi connectivity index (χ2n) is 4.95. The minimum atomic E-state index is -0.750. The number of amides is 1. The van der Waals surface area contributed by atoms with Crippen molar-refractivity contribution in [2.24, 2.45) is 0 Å². The van der Waals surface area contributed by atoms with Crippen LogP contribution in [-0.4, -0.2) is 11.4 Å². The Morgan fingerprint density at radius 3 is 2.63 bits per heavy atom. The molecular weight excluding hydrogens is 262 g/mol. The van der Waals surface area contributed by atoms with Crippen molar-refractivity contribution in [1.82, 2.24) is 5.32 Å². The molecule has 0 saturated heterocycles. The normalized spacial score (nSPS) is 17.5. The van der Waals surface area contributed by atoms with E-state index in [1.165, 1.54) is 6.07 Å². The Morgan fingerprint density at radius 2 is 2.05 bits per heavy atom. The number of carbonyl (C=O) groups excluding carboxylic acids is 1. The average molecular weight is 278 g/mol. The van der Waals surface area contributed by atoms with Crippen molar-refractivity contribution in [3.05, 3.63) is 28.8 Å². The van der Waals surface area contributed by atoms with Gasteiger partial charge in [0, 0.05) is 5.69 Å². The molecule has 1 fully saturated rings. The maximum absolute atomic E-state index is 12.2. The summed E-state index contributed by atoms with van der Waals surface area (Å²) < 4.78 is 0. The van der Waals surface area contributed by atoms with Crippen LogP contribution in [0, 0.1) is 11.3 Å². The van der Waals surface area contributed by atoms with Crippen LogP contribution >= 0.6 is 11.6 Å². The highest BCUT2D eigenvalue weighted by Gasteiger charge is 2.34. The number of nitrogen functional groups attached to an aromatic ring is 1. The molecular formula is C14H16ClN3O. The molecule has 1 saturated carbocycles. The smallest absolute Gasteiger partial charge is 0.254 e. The fourth-order valence-corrected chi connectivity index (χ4v) is 2.70. The molecule has 0 atom stereocenters. The average Bonchev–Trinajstić information content (AvgIpc) is 2.39. The van der Waals surface area contributed by atoms with Crippen molar-refractivity contribution in [2.75, 3.05) is 5.73 Å². The van der Waals surface area contributed by atoms with E-state index in [0.29, 0.717) is 29.1 Å². The number of halogens is 1. The van der Waals surface area contributed by atoms with E-state index in [0.717, 1.165) is 19.3 Å². The van der Waals surface area contributed by atoms with Gasteiger partial charge >= 0.3 is 0 Å². The summed E-state index contributed by atoms with van der Waals surface area (Å²) in [6.45, 7) is 0. The van der Waals surface area contributed by atoms with Gasteiger partial charge in [0.15, 0.2) is 0 Å². The number of nitrogens with zero attached hydrogens (tertiary/aromatic N) is 1. The molecule has 1 aromatic rings. The second kappa shape index (κ2) is 5.50. The Hall–Kier alpha value is -1.73. The SMILES string of the molecule is N#CC1(NC(=O)c2ccc(N)cc2Cl)CCCCC1. The summed E-state index contributed by atoms with van der Waals surface area (Å²) in [6, 6.07) is 7.00. The Balaban J connectivity index is 2.18. The van der Waals surface area contributed by atoms with Crippen molar-refractivity contribution in [3.8, 4) is 6.07 Å². The molecule has 0 unspecified atom stereocenters. The molecule has 1 aliphatic carbocycles. The first kappa shape index (κ1) is 13.7. The Bertz CT molecular complexity index is 530. The van der Waals surface area contributed by atoms with Gasteiger partial charge in [-0.25, -0.2) is 0 Å². The van der Waals surface area contributed by atoms with E-state index >= 15 is 0 Å². The van der Waals surface area contributed by atoms with Crippen LogP contribution in [0.25, 0.3) is 0 Å². The zero-order valence-electron chi connectivity index (χ0n) is 10.6.